The first-order valence-electron chi connectivity index (χ1n) is 9.07. The number of nitrogens with zero attached hydrogens (tertiary/aromatic N) is 3. The van der Waals surface area contributed by atoms with Crippen LogP contribution in [0.4, 0.5) is 0 Å². The normalized spacial score (nSPS) is 23.6. The molecule has 8 heteroatoms. The zero-order valence-electron chi connectivity index (χ0n) is 15.0. The van der Waals surface area contributed by atoms with E-state index in [2.05, 4.69) is 25.7 Å². The topological polar surface area (TPSA) is 100 Å². The summed E-state index contributed by atoms with van der Waals surface area (Å²) >= 11 is 0. The van der Waals surface area contributed by atoms with Gasteiger partial charge in [0, 0.05) is 45.4 Å². The molecule has 2 atom stereocenters. The molecular formula is C17H27N5O3. The van der Waals surface area contributed by atoms with E-state index >= 15 is 0 Å². The minimum Gasteiger partial charge on any atom is -0.424 e. The molecule has 2 fully saturated rings. The second-order valence-corrected chi connectivity index (χ2v) is 7.16. The molecule has 1 aliphatic heterocycles. The van der Waals surface area contributed by atoms with Gasteiger partial charge in [0.1, 0.15) is 0 Å². The van der Waals surface area contributed by atoms with E-state index in [0.29, 0.717) is 30.8 Å². The van der Waals surface area contributed by atoms with Crippen LogP contribution in [0, 0.1) is 12.8 Å². The summed E-state index contributed by atoms with van der Waals surface area (Å²) in [6, 6.07) is 0.574. The van der Waals surface area contributed by atoms with Crippen LogP contribution in [0.5, 0.6) is 0 Å². The lowest BCUT2D eigenvalue weighted by Crippen LogP contribution is -2.45. The summed E-state index contributed by atoms with van der Waals surface area (Å²) in [7, 11) is 0. The van der Waals surface area contributed by atoms with E-state index in [4.69, 9.17) is 4.42 Å². The predicted molar refractivity (Wildman–Crippen MR) is 90.4 cm³/mol. The summed E-state index contributed by atoms with van der Waals surface area (Å²) in [5.41, 5.74) is 0. The van der Waals surface area contributed by atoms with Gasteiger partial charge in [0.25, 0.3) is 0 Å². The minimum atomic E-state index is 0.00169. The Morgan fingerprint density at radius 1 is 1.16 bits per heavy atom. The Morgan fingerprint density at radius 3 is 2.56 bits per heavy atom. The van der Waals surface area contributed by atoms with Crippen LogP contribution in [0.15, 0.2) is 4.42 Å². The van der Waals surface area contributed by atoms with Crippen LogP contribution in [-0.2, 0) is 16.1 Å². The molecule has 1 aliphatic carbocycles. The molecule has 1 saturated heterocycles. The maximum absolute atomic E-state index is 12.3. The Balaban J connectivity index is 1.50. The van der Waals surface area contributed by atoms with E-state index in [1.807, 2.05) is 0 Å². The third-order valence-electron chi connectivity index (χ3n) is 4.95. The Kier molecular flexibility index (Phi) is 5.67. The van der Waals surface area contributed by atoms with Crippen molar-refractivity contribution >= 4 is 11.8 Å². The summed E-state index contributed by atoms with van der Waals surface area (Å²) in [5.74, 6) is 1.68. The summed E-state index contributed by atoms with van der Waals surface area (Å²) in [4.78, 5) is 25.9. The SMILES string of the molecule is CC(=O)NC[C@H]1CC[C@@H](CC(=O)NCc2nnc(C)o2)N1CC1CC1. The van der Waals surface area contributed by atoms with Crippen molar-refractivity contribution in [3.63, 3.8) is 0 Å². The van der Waals surface area contributed by atoms with E-state index in [1.54, 1.807) is 13.8 Å². The van der Waals surface area contributed by atoms with Gasteiger partial charge in [0.15, 0.2) is 0 Å². The molecule has 2 amide bonds. The van der Waals surface area contributed by atoms with Crippen LogP contribution in [0.1, 0.15) is 50.8 Å². The quantitative estimate of drug-likeness (QED) is 0.719. The summed E-state index contributed by atoms with van der Waals surface area (Å²) in [5, 5.41) is 13.4. The summed E-state index contributed by atoms with van der Waals surface area (Å²) in [6.07, 6.45) is 5.03. The van der Waals surface area contributed by atoms with Gasteiger partial charge < -0.3 is 15.1 Å². The molecule has 2 N–H and O–H groups in total. The van der Waals surface area contributed by atoms with Crippen LogP contribution in [-0.4, -0.2) is 52.1 Å². The molecule has 25 heavy (non-hydrogen) atoms. The highest BCUT2D eigenvalue weighted by Crippen LogP contribution is 2.35. The second kappa shape index (κ2) is 7.95. The molecule has 1 saturated carbocycles. The molecule has 3 rings (SSSR count). The van der Waals surface area contributed by atoms with Gasteiger partial charge in [-0.15, -0.1) is 10.2 Å². The van der Waals surface area contributed by atoms with Gasteiger partial charge >= 0.3 is 0 Å². The first-order chi connectivity index (χ1) is 12.0. The molecule has 0 radical (unpaired) electrons. The van der Waals surface area contributed by atoms with Gasteiger partial charge in [0.2, 0.25) is 23.6 Å². The molecule has 2 heterocycles. The lowest BCUT2D eigenvalue weighted by Gasteiger charge is -2.30. The van der Waals surface area contributed by atoms with Gasteiger partial charge in [-0.2, -0.15) is 0 Å². The number of aromatic nitrogens is 2. The van der Waals surface area contributed by atoms with Crippen molar-refractivity contribution in [3.8, 4) is 0 Å². The molecule has 1 aromatic rings. The van der Waals surface area contributed by atoms with Gasteiger partial charge in [-0.25, -0.2) is 0 Å². The number of hydrogen-bond acceptors (Lipinski definition) is 6. The number of nitrogens with one attached hydrogen (secondary N) is 2. The Hall–Kier alpha value is -1.96. The van der Waals surface area contributed by atoms with Gasteiger partial charge in [-0.3, -0.25) is 14.5 Å². The van der Waals surface area contributed by atoms with Gasteiger partial charge in [-0.1, -0.05) is 0 Å². The highest BCUT2D eigenvalue weighted by atomic mass is 16.4. The molecule has 138 valence electrons. The largest absolute Gasteiger partial charge is 0.424 e. The minimum absolute atomic E-state index is 0.00169. The number of rotatable bonds is 8. The average Bonchev–Trinajstić information content (AvgIpc) is 3.17. The van der Waals surface area contributed by atoms with Crippen molar-refractivity contribution in [3.05, 3.63) is 11.8 Å². The lowest BCUT2D eigenvalue weighted by atomic mass is 10.1. The van der Waals surface area contributed by atoms with E-state index in [0.717, 1.165) is 25.3 Å². The smallest absolute Gasteiger partial charge is 0.235 e. The molecular weight excluding hydrogens is 322 g/mol. The Morgan fingerprint density at radius 2 is 1.92 bits per heavy atom. The monoisotopic (exact) mass is 349 g/mol. The molecule has 0 aromatic carbocycles. The zero-order valence-corrected chi connectivity index (χ0v) is 15.0. The van der Waals surface area contributed by atoms with Crippen molar-refractivity contribution in [1.29, 1.82) is 0 Å². The summed E-state index contributed by atoms with van der Waals surface area (Å²) < 4.78 is 5.27. The van der Waals surface area contributed by atoms with Crippen molar-refractivity contribution in [2.75, 3.05) is 13.1 Å². The van der Waals surface area contributed by atoms with Crippen molar-refractivity contribution in [2.45, 2.75) is 64.6 Å². The number of carbonyl (C=O) groups is 2. The van der Waals surface area contributed by atoms with Crippen molar-refractivity contribution in [1.82, 2.24) is 25.7 Å². The maximum atomic E-state index is 12.3. The van der Waals surface area contributed by atoms with Crippen LogP contribution in [0.3, 0.4) is 0 Å². The number of carbonyl (C=O) groups excluding carboxylic acids is 2. The first kappa shape index (κ1) is 17.8. The van der Waals surface area contributed by atoms with E-state index in [9.17, 15) is 9.59 Å². The van der Waals surface area contributed by atoms with Crippen LogP contribution in [0.25, 0.3) is 0 Å². The van der Waals surface area contributed by atoms with Gasteiger partial charge in [-0.05, 0) is 31.6 Å². The van der Waals surface area contributed by atoms with E-state index in [1.165, 1.54) is 12.8 Å². The number of amides is 2. The summed E-state index contributed by atoms with van der Waals surface area (Å²) in [6.45, 7) is 5.24. The van der Waals surface area contributed by atoms with Crippen LogP contribution < -0.4 is 10.6 Å². The number of likely N-dealkylation sites (tertiary alicyclic amines) is 1. The molecule has 0 unspecified atom stereocenters. The highest BCUT2D eigenvalue weighted by molar-refractivity contribution is 5.76. The molecule has 0 bridgehead atoms. The highest BCUT2D eigenvalue weighted by Gasteiger charge is 2.37. The third-order valence-corrected chi connectivity index (χ3v) is 4.95. The fourth-order valence-electron chi connectivity index (χ4n) is 3.48. The molecule has 1 aromatic heterocycles. The first-order valence-corrected chi connectivity index (χ1v) is 9.07. The Bertz CT molecular complexity index is 613. The van der Waals surface area contributed by atoms with Crippen molar-refractivity contribution in [2.24, 2.45) is 5.92 Å². The van der Waals surface area contributed by atoms with Crippen LogP contribution >= 0.6 is 0 Å². The van der Waals surface area contributed by atoms with Crippen LogP contribution in [0.2, 0.25) is 0 Å². The fraction of sp³-hybridized carbons (Fsp3) is 0.765. The zero-order chi connectivity index (χ0) is 17.8. The van der Waals surface area contributed by atoms with E-state index < -0.39 is 0 Å². The van der Waals surface area contributed by atoms with Gasteiger partial charge in [0.05, 0.1) is 6.54 Å². The van der Waals surface area contributed by atoms with E-state index in [-0.39, 0.29) is 24.4 Å². The Labute approximate surface area is 147 Å². The molecule has 2 aliphatic rings. The standard InChI is InChI=1S/C17H27N5O3/c1-11(23)18-8-15-6-5-14(22(15)10-13-3-4-13)7-16(24)19-9-17-21-20-12(2)25-17/h13-15H,3-10H2,1-2H3,(H,18,23)(H,19,24)/t14-,15+/m0/s1. The third kappa shape index (κ3) is 5.26. The second-order valence-electron chi connectivity index (χ2n) is 7.16. The average molecular weight is 349 g/mol. The predicted octanol–water partition coefficient (Wildman–Crippen LogP) is 0.763. The van der Waals surface area contributed by atoms with Crippen molar-refractivity contribution < 1.29 is 14.0 Å². The maximum Gasteiger partial charge on any atom is 0.235 e. The lowest BCUT2D eigenvalue weighted by molar-refractivity contribution is -0.123. The fourth-order valence-corrected chi connectivity index (χ4v) is 3.48. The number of hydrogen-bond donors (Lipinski definition) is 2. The molecule has 0 spiro atoms. The molecule has 8 nitrogen and oxygen atoms in total. The number of aryl methyl sites for hydroxylation is 1.